The van der Waals surface area contributed by atoms with E-state index in [4.69, 9.17) is 21.6 Å². The first-order valence-electron chi connectivity index (χ1n) is 10.8. The van der Waals surface area contributed by atoms with Gasteiger partial charge in [-0.05, 0) is 80.3 Å². The summed E-state index contributed by atoms with van der Waals surface area (Å²) in [6.07, 6.45) is 0.552. The molecule has 1 heterocycles. The van der Waals surface area contributed by atoms with Crippen LogP contribution in [0.1, 0.15) is 34.2 Å². The molecule has 0 bridgehead atoms. The average molecular weight is 476 g/mol. The second-order valence-electron chi connectivity index (χ2n) is 8.33. The third kappa shape index (κ3) is 5.73. The predicted octanol–water partition coefficient (Wildman–Crippen LogP) is 7.50. The van der Waals surface area contributed by atoms with Gasteiger partial charge in [0.1, 0.15) is 0 Å². The van der Waals surface area contributed by atoms with Crippen molar-refractivity contribution in [2.45, 2.75) is 34.1 Å². The lowest BCUT2D eigenvalue weighted by atomic mass is 10.1. The quantitative estimate of drug-likeness (QED) is 0.424. The van der Waals surface area contributed by atoms with Crippen molar-refractivity contribution in [2.24, 2.45) is 9.98 Å². The van der Waals surface area contributed by atoms with Gasteiger partial charge in [-0.1, -0.05) is 41.4 Å². The Morgan fingerprint density at radius 2 is 1.58 bits per heavy atom. The van der Waals surface area contributed by atoms with E-state index in [1.807, 2.05) is 50.2 Å². The summed E-state index contributed by atoms with van der Waals surface area (Å²) >= 11 is 7.54. The van der Waals surface area contributed by atoms with Gasteiger partial charge in [0.2, 0.25) is 5.91 Å². The highest BCUT2D eigenvalue weighted by molar-refractivity contribution is 8.14. The van der Waals surface area contributed by atoms with Crippen molar-refractivity contribution in [1.29, 1.82) is 0 Å². The molecule has 0 spiro atoms. The van der Waals surface area contributed by atoms with Crippen LogP contribution < -0.4 is 5.32 Å². The van der Waals surface area contributed by atoms with Crippen LogP contribution in [0.3, 0.4) is 0 Å². The summed E-state index contributed by atoms with van der Waals surface area (Å²) in [4.78, 5) is 22.5. The number of halogens is 1. The fourth-order valence-corrected chi connectivity index (χ4v) is 4.55. The van der Waals surface area contributed by atoms with Crippen molar-refractivity contribution in [2.75, 3.05) is 11.1 Å². The first kappa shape index (κ1) is 23.3. The Morgan fingerprint density at radius 1 is 0.909 bits per heavy atom. The molecule has 3 aromatic rings. The number of rotatable bonds is 4. The molecule has 0 unspecified atom stereocenters. The highest BCUT2D eigenvalue weighted by atomic mass is 35.5. The van der Waals surface area contributed by atoms with Crippen LogP contribution in [0.5, 0.6) is 0 Å². The molecular formula is C27H26ClN3OS. The Balaban J connectivity index is 1.58. The topological polar surface area (TPSA) is 53.8 Å². The molecule has 33 heavy (non-hydrogen) atoms. The Bertz CT molecular complexity index is 1280. The SMILES string of the molecule is Cc1ccc(NC(=O)CSC2=Nc3cc(C)c(C)cc3N=C(c3ccc(Cl)cc3)C2)c(C)c1. The highest BCUT2D eigenvalue weighted by Crippen LogP contribution is 2.36. The lowest BCUT2D eigenvalue weighted by molar-refractivity contribution is -0.113. The molecule has 0 radical (unpaired) electrons. The summed E-state index contributed by atoms with van der Waals surface area (Å²) < 4.78 is 0. The van der Waals surface area contributed by atoms with Crippen molar-refractivity contribution in [3.8, 4) is 0 Å². The Labute approximate surface area is 204 Å². The third-order valence-corrected chi connectivity index (χ3v) is 6.84. The molecule has 0 atom stereocenters. The monoisotopic (exact) mass is 475 g/mol. The summed E-state index contributed by atoms with van der Waals surface area (Å²) in [6.45, 7) is 8.19. The summed E-state index contributed by atoms with van der Waals surface area (Å²) in [5, 5.41) is 4.57. The normalized spacial score (nSPS) is 13.0. The van der Waals surface area contributed by atoms with Crippen molar-refractivity contribution in [3.05, 3.63) is 87.4 Å². The van der Waals surface area contributed by atoms with E-state index in [-0.39, 0.29) is 11.7 Å². The first-order valence-corrected chi connectivity index (χ1v) is 12.2. The number of carbonyl (C=O) groups excluding carboxylic acids is 1. The fraction of sp³-hybridized carbons (Fsp3) is 0.222. The van der Waals surface area contributed by atoms with Crippen molar-refractivity contribution in [3.63, 3.8) is 0 Å². The molecular weight excluding hydrogens is 450 g/mol. The number of carbonyl (C=O) groups is 1. The predicted molar refractivity (Wildman–Crippen MR) is 142 cm³/mol. The molecule has 1 N–H and O–H groups in total. The van der Waals surface area contributed by atoms with Crippen LogP contribution in [0.4, 0.5) is 17.1 Å². The number of hydrogen-bond donors (Lipinski definition) is 1. The van der Waals surface area contributed by atoms with Gasteiger partial charge in [0.05, 0.1) is 27.9 Å². The van der Waals surface area contributed by atoms with Gasteiger partial charge in [-0.25, -0.2) is 4.99 Å². The summed E-state index contributed by atoms with van der Waals surface area (Å²) in [7, 11) is 0. The number of aliphatic imine (C=N–C) groups is 2. The van der Waals surface area contributed by atoms with E-state index in [2.05, 4.69) is 37.4 Å². The molecule has 6 heteroatoms. The van der Waals surface area contributed by atoms with E-state index in [1.54, 1.807) is 0 Å². The van der Waals surface area contributed by atoms with Crippen molar-refractivity contribution >= 4 is 57.1 Å². The summed E-state index contributed by atoms with van der Waals surface area (Å²) in [5.41, 5.74) is 8.99. The molecule has 1 aliphatic heterocycles. The lowest BCUT2D eigenvalue weighted by Gasteiger charge is -2.10. The Morgan fingerprint density at radius 3 is 2.24 bits per heavy atom. The molecule has 1 aliphatic rings. The van der Waals surface area contributed by atoms with E-state index < -0.39 is 0 Å². The number of nitrogens with zero attached hydrogens (tertiary/aromatic N) is 2. The number of amides is 1. The molecule has 4 nitrogen and oxygen atoms in total. The Hall–Kier alpha value is -2.89. The maximum absolute atomic E-state index is 12.7. The minimum atomic E-state index is -0.0517. The second kappa shape index (κ2) is 9.94. The van der Waals surface area contributed by atoms with Crippen LogP contribution in [0, 0.1) is 27.7 Å². The van der Waals surface area contributed by atoms with Crippen LogP contribution in [0.25, 0.3) is 0 Å². The zero-order valence-electron chi connectivity index (χ0n) is 19.2. The van der Waals surface area contributed by atoms with Gasteiger partial charge in [-0.3, -0.25) is 9.79 Å². The number of fused-ring (bicyclic) bond motifs is 1. The van der Waals surface area contributed by atoms with Crippen LogP contribution >= 0.6 is 23.4 Å². The number of benzene rings is 3. The van der Waals surface area contributed by atoms with E-state index >= 15 is 0 Å². The molecule has 4 rings (SSSR count). The minimum Gasteiger partial charge on any atom is -0.325 e. The molecule has 0 fully saturated rings. The van der Waals surface area contributed by atoms with Crippen LogP contribution in [0.15, 0.2) is 64.6 Å². The standard InChI is InChI=1S/C27H26ClN3OS/c1-16-5-10-22(19(4)11-16)30-26(32)15-33-27-14-23(20-6-8-21(28)9-7-20)29-24-12-17(2)18(3)13-25(24)31-27/h5-13H,14-15H2,1-4H3,(H,30,32). The number of nitrogens with one attached hydrogen (secondary N) is 1. The van der Waals surface area contributed by atoms with Gasteiger partial charge in [0, 0.05) is 17.1 Å². The van der Waals surface area contributed by atoms with E-state index in [1.165, 1.54) is 28.5 Å². The van der Waals surface area contributed by atoms with Crippen molar-refractivity contribution in [1.82, 2.24) is 0 Å². The second-order valence-corrected chi connectivity index (χ2v) is 9.81. The minimum absolute atomic E-state index is 0.0517. The smallest absolute Gasteiger partial charge is 0.234 e. The molecule has 3 aromatic carbocycles. The van der Waals surface area contributed by atoms with Gasteiger partial charge in [0.25, 0.3) is 0 Å². The van der Waals surface area contributed by atoms with Crippen molar-refractivity contribution < 1.29 is 4.79 Å². The number of aryl methyl sites for hydroxylation is 4. The van der Waals surface area contributed by atoms with Gasteiger partial charge in [0.15, 0.2) is 0 Å². The van der Waals surface area contributed by atoms with E-state index in [9.17, 15) is 4.79 Å². The molecule has 0 saturated heterocycles. The largest absolute Gasteiger partial charge is 0.325 e. The van der Waals surface area contributed by atoms with Gasteiger partial charge in [-0.2, -0.15) is 0 Å². The van der Waals surface area contributed by atoms with Crippen LogP contribution in [-0.2, 0) is 4.79 Å². The maximum atomic E-state index is 12.7. The summed E-state index contributed by atoms with van der Waals surface area (Å²) in [6, 6.07) is 17.8. The zero-order chi connectivity index (χ0) is 23.5. The zero-order valence-corrected chi connectivity index (χ0v) is 20.8. The highest BCUT2D eigenvalue weighted by Gasteiger charge is 2.18. The molecule has 0 aliphatic carbocycles. The molecule has 0 aromatic heterocycles. The number of thioether (sulfide) groups is 1. The van der Waals surface area contributed by atoms with E-state index in [0.717, 1.165) is 38.9 Å². The summed E-state index contributed by atoms with van der Waals surface area (Å²) in [5.74, 6) is 0.226. The van der Waals surface area contributed by atoms with E-state index in [0.29, 0.717) is 11.4 Å². The Kier molecular flexibility index (Phi) is 7.01. The van der Waals surface area contributed by atoms with Gasteiger partial charge < -0.3 is 5.32 Å². The average Bonchev–Trinajstić information content (AvgIpc) is 2.94. The first-order chi connectivity index (χ1) is 15.8. The molecule has 168 valence electrons. The molecule has 1 amide bonds. The van der Waals surface area contributed by atoms with Gasteiger partial charge >= 0.3 is 0 Å². The van der Waals surface area contributed by atoms with Crippen LogP contribution in [-0.4, -0.2) is 22.4 Å². The number of anilines is 1. The van der Waals surface area contributed by atoms with Crippen LogP contribution in [0.2, 0.25) is 5.02 Å². The fourth-order valence-electron chi connectivity index (χ4n) is 3.65. The number of hydrogen-bond acceptors (Lipinski definition) is 4. The van der Waals surface area contributed by atoms with Gasteiger partial charge in [-0.15, -0.1) is 11.8 Å². The third-order valence-electron chi connectivity index (χ3n) is 5.61. The molecule has 0 saturated carbocycles. The maximum Gasteiger partial charge on any atom is 0.234 e. The lowest BCUT2D eigenvalue weighted by Crippen LogP contribution is -2.17.